The van der Waals surface area contributed by atoms with Gasteiger partial charge in [-0.3, -0.25) is 9.58 Å². The zero-order chi connectivity index (χ0) is 14.8. The van der Waals surface area contributed by atoms with Gasteiger partial charge in [0.25, 0.3) is 0 Å². The number of aryl methyl sites for hydroxylation is 2. The van der Waals surface area contributed by atoms with Gasteiger partial charge in [0.1, 0.15) is 0 Å². The molecule has 0 bridgehead atoms. The Hall–Kier alpha value is -1.62. The summed E-state index contributed by atoms with van der Waals surface area (Å²) in [5.41, 5.74) is 3.99. The first-order valence-electron chi connectivity index (χ1n) is 8.62. The zero-order valence-electron chi connectivity index (χ0n) is 13.2. The van der Waals surface area contributed by atoms with Gasteiger partial charge in [-0.25, -0.2) is 4.98 Å². The molecule has 4 rings (SSSR count). The van der Waals surface area contributed by atoms with Gasteiger partial charge in [-0.1, -0.05) is 0 Å². The average molecular weight is 299 g/mol. The number of H-pyrrole nitrogens is 1. The third-order valence-electron chi connectivity index (χ3n) is 5.12. The summed E-state index contributed by atoms with van der Waals surface area (Å²) >= 11 is 0. The van der Waals surface area contributed by atoms with E-state index in [1.807, 2.05) is 6.20 Å². The fourth-order valence-corrected chi connectivity index (χ4v) is 3.84. The van der Waals surface area contributed by atoms with Crippen LogP contribution in [0.5, 0.6) is 0 Å². The quantitative estimate of drug-likeness (QED) is 0.943. The highest BCUT2D eigenvalue weighted by atomic mass is 15.3. The molecular weight excluding hydrogens is 274 g/mol. The van der Waals surface area contributed by atoms with Crippen LogP contribution >= 0.6 is 0 Å². The van der Waals surface area contributed by atoms with Crippen molar-refractivity contribution < 1.29 is 0 Å². The van der Waals surface area contributed by atoms with Crippen molar-refractivity contribution in [1.82, 2.24) is 24.6 Å². The first-order valence-corrected chi connectivity index (χ1v) is 8.62. The second-order valence-electron chi connectivity index (χ2n) is 6.81. The molecule has 0 radical (unpaired) electrons. The summed E-state index contributed by atoms with van der Waals surface area (Å²) in [6.45, 7) is 4.53. The van der Waals surface area contributed by atoms with Gasteiger partial charge in [-0.2, -0.15) is 5.10 Å². The first-order chi connectivity index (χ1) is 10.9. The Morgan fingerprint density at radius 2 is 2.09 bits per heavy atom. The van der Waals surface area contributed by atoms with Crippen LogP contribution < -0.4 is 0 Å². The maximum Gasteiger partial charge on any atom is 0.0921 e. The number of hydrogen-bond acceptors (Lipinski definition) is 3. The molecule has 2 aliphatic rings. The molecular formula is C17H25N5. The summed E-state index contributed by atoms with van der Waals surface area (Å²) in [6, 6.07) is 2.33. The number of piperidine rings is 1. The molecule has 2 aliphatic heterocycles. The summed E-state index contributed by atoms with van der Waals surface area (Å²) in [4.78, 5) is 9.91. The number of nitrogens with zero attached hydrogens (tertiary/aromatic N) is 4. The van der Waals surface area contributed by atoms with Crippen LogP contribution in [0.15, 0.2) is 18.6 Å². The van der Waals surface area contributed by atoms with E-state index >= 15 is 0 Å². The number of hydrogen-bond donors (Lipinski definition) is 1. The Morgan fingerprint density at radius 3 is 2.86 bits per heavy atom. The molecule has 22 heavy (non-hydrogen) atoms. The number of rotatable bonds is 4. The van der Waals surface area contributed by atoms with E-state index in [0.29, 0.717) is 0 Å². The largest absolute Gasteiger partial charge is 0.348 e. The smallest absolute Gasteiger partial charge is 0.0921 e. The second-order valence-corrected chi connectivity index (χ2v) is 6.81. The molecule has 118 valence electrons. The Morgan fingerprint density at radius 1 is 1.18 bits per heavy atom. The lowest BCUT2D eigenvalue weighted by Gasteiger charge is -2.31. The van der Waals surface area contributed by atoms with Crippen molar-refractivity contribution >= 4 is 0 Å². The summed E-state index contributed by atoms with van der Waals surface area (Å²) in [5.74, 6) is 0.798. The Balaban J connectivity index is 1.29. The van der Waals surface area contributed by atoms with Crippen molar-refractivity contribution in [1.29, 1.82) is 0 Å². The summed E-state index contributed by atoms with van der Waals surface area (Å²) in [5, 5.41) is 4.79. The SMILES string of the molecule is c1ncc(CC2CCN(Cc3cc4n(n3)CCCC4)CC2)[nH]1. The molecule has 1 fully saturated rings. The molecule has 0 aromatic carbocycles. The number of likely N-dealkylation sites (tertiary alicyclic amines) is 1. The molecule has 1 N–H and O–H groups in total. The standard InChI is InChI=1S/C17H25N5/c1-2-6-22-17(3-1)10-16(20-22)12-21-7-4-14(5-8-21)9-15-11-18-13-19-15/h10-11,13-14H,1-9,12H2,(H,18,19). The molecule has 0 spiro atoms. The fourth-order valence-electron chi connectivity index (χ4n) is 3.84. The third kappa shape index (κ3) is 3.09. The fraction of sp³-hybridized carbons (Fsp3) is 0.647. The van der Waals surface area contributed by atoms with Crippen LogP contribution in [-0.2, 0) is 25.9 Å². The van der Waals surface area contributed by atoms with Gasteiger partial charge < -0.3 is 4.98 Å². The normalized spacial score (nSPS) is 20.2. The van der Waals surface area contributed by atoms with E-state index in [-0.39, 0.29) is 0 Å². The van der Waals surface area contributed by atoms with Gasteiger partial charge in [-0.05, 0) is 63.6 Å². The lowest BCUT2D eigenvalue weighted by atomic mass is 9.92. The number of imidazole rings is 1. The molecule has 0 amide bonds. The topological polar surface area (TPSA) is 49.7 Å². The van der Waals surface area contributed by atoms with Crippen molar-refractivity contribution in [2.45, 2.75) is 51.6 Å². The van der Waals surface area contributed by atoms with Crippen LogP contribution in [0, 0.1) is 5.92 Å². The first kappa shape index (κ1) is 14.0. The predicted octanol–water partition coefficient (Wildman–Crippen LogP) is 2.40. The lowest BCUT2D eigenvalue weighted by molar-refractivity contribution is 0.174. The molecule has 2 aromatic heterocycles. The number of aromatic nitrogens is 4. The van der Waals surface area contributed by atoms with Crippen molar-refractivity contribution in [3.8, 4) is 0 Å². The van der Waals surface area contributed by atoms with Crippen molar-refractivity contribution in [2.24, 2.45) is 5.92 Å². The minimum Gasteiger partial charge on any atom is -0.348 e. The molecule has 2 aromatic rings. The van der Waals surface area contributed by atoms with Gasteiger partial charge in [0.15, 0.2) is 0 Å². The molecule has 0 atom stereocenters. The molecule has 0 saturated carbocycles. The third-order valence-corrected chi connectivity index (χ3v) is 5.12. The van der Waals surface area contributed by atoms with E-state index in [9.17, 15) is 0 Å². The van der Waals surface area contributed by atoms with Gasteiger partial charge >= 0.3 is 0 Å². The summed E-state index contributed by atoms with van der Waals surface area (Å²) < 4.78 is 2.23. The van der Waals surface area contributed by atoms with Crippen molar-refractivity contribution in [3.05, 3.63) is 35.7 Å². The van der Waals surface area contributed by atoms with Gasteiger partial charge in [-0.15, -0.1) is 0 Å². The highest BCUT2D eigenvalue weighted by Gasteiger charge is 2.21. The van der Waals surface area contributed by atoms with E-state index < -0.39 is 0 Å². The maximum atomic E-state index is 4.79. The van der Waals surface area contributed by atoms with Crippen LogP contribution in [0.1, 0.15) is 42.8 Å². The second kappa shape index (κ2) is 6.24. The van der Waals surface area contributed by atoms with Crippen molar-refractivity contribution in [2.75, 3.05) is 13.1 Å². The number of nitrogens with one attached hydrogen (secondary N) is 1. The minimum atomic E-state index is 0.798. The van der Waals surface area contributed by atoms with Gasteiger partial charge in [0.05, 0.1) is 12.0 Å². The summed E-state index contributed by atoms with van der Waals surface area (Å²) in [7, 11) is 0. The Bertz CT molecular complexity index is 569. The van der Waals surface area contributed by atoms with Crippen LogP contribution in [0.3, 0.4) is 0 Å². The molecule has 1 saturated heterocycles. The van der Waals surface area contributed by atoms with E-state index in [1.54, 1.807) is 6.33 Å². The van der Waals surface area contributed by atoms with E-state index in [2.05, 4.69) is 25.6 Å². The Labute approximate surface area is 131 Å². The van der Waals surface area contributed by atoms with Crippen LogP contribution in [-0.4, -0.2) is 37.7 Å². The summed E-state index contributed by atoms with van der Waals surface area (Å²) in [6.07, 6.45) is 11.3. The van der Waals surface area contributed by atoms with E-state index in [4.69, 9.17) is 5.10 Å². The van der Waals surface area contributed by atoms with Gasteiger partial charge in [0.2, 0.25) is 0 Å². The molecule has 5 heteroatoms. The van der Waals surface area contributed by atoms with Crippen LogP contribution in [0.2, 0.25) is 0 Å². The minimum absolute atomic E-state index is 0.798. The lowest BCUT2D eigenvalue weighted by Crippen LogP contribution is -2.34. The van der Waals surface area contributed by atoms with Crippen LogP contribution in [0.25, 0.3) is 0 Å². The molecule has 0 aliphatic carbocycles. The predicted molar refractivity (Wildman–Crippen MR) is 85.5 cm³/mol. The van der Waals surface area contributed by atoms with Crippen LogP contribution in [0.4, 0.5) is 0 Å². The number of fused-ring (bicyclic) bond motifs is 1. The molecule has 4 heterocycles. The average Bonchev–Trinajstić information content (AvgIpc) is 3.18. The Kier molecular flexibility index (Phi) is 3.97. The molecule has 5 nitrogen and oxygen atoms in total. The van der Waals surface area contributed by atoms with E-state index in [1.165, 1.54) is 62.3 Å². The number of aromatic amines is 1. The van der Waals surface area contributed by atoms with E-state index in [0.717, 1.165) is 25.4 Å². The highest BCUT2D eigenvalue weighted by molar-refractivity contribution is 5.12. The van der Waals surface area contributed by atoms with Crippen molar-refractivity contribution in [3.63, 3.8) is 0 Å². The molecule has 0 unspecified atom stereocenters. The van der Waals surface area contributed by atoms with Gasteiger partial charge in [0, 0.05) is 30.7 Å². The highest BCUT2D eigenvalue weighted by Crippen LogP contribution is 2.23. The maximum absolute atomic E-state index is 4.79. The zero-order valence-corrected chi connectivity index (χ0v) is 13.2. The monoisotopic (exact) mass is 299 g/mol.